The monoisotopic (exact) mass is 263 g/mol. The number of aliphatic hydroxyl groups is 1. The summed E-state index contributed by atoms with van der Waals surface area (Å²) in [6, 6.07) is 10.6. The van der Waals surface area contributed by atoms with Gasteiger partial charge in [-0.3, -0.25) is 4.90 Å². The third kappa shape index (κ3) is 4.94. The van der Waals surface area contributed by atoms with Crippen LogP contribution in [0.1, 0.15) is 25.3 Å². The molecule has 0 bridgehead atoms. The molecule has 3 heteroatoms. The molecule has 1 aliphatic rings. The first kappa shape index (κ1) is 14.5. The average Bonchev–Trinajstić information content (AvgIpc) is 2.46. The van der Waals surface area contributed by atoms with Gasteiger partial charge < -0.3 is 9.84 Å². The molecule has 0 aliphatic carbocycles. The first-order valence-corrected chi connectivity index (χ1v) is 7.34. The molecule has 0 unspecified atom stereocenters. The molecule has 0 saturated carbocycles. The fourth-order valence-electron chi connectivity index (χ4n) is 2.52. The summed E-state index contributed by atoms with van der Waals surface area (Å²) >= 11 is 0. The average molecular weight is 263 g/mol. The number of β-amino-alcohol motifs (C(OH)–C–C–N with tert-alkyl or cyclic N) is 1. The Bertz CT molecular complexity index is 355. The van der Waals surface area contributed by atoms with Gasteiger partial charge in [0.2, 0.25) is 0 Å². The van der Waals surface area contributed by atoms with Crippen molar-refractivity contribution < 1.29 is 9.84 Å². The van der Waals surface area contributed by atoms with Crippen LogP contribution < -0.4 is 0 Å². The van der Waals surface area contributed by atoms with Crippen molar-refractivity contribution in [3.8, 4) is 0 Å². The summed E-state index contributed by atoms with van der Waals surface area (Å²) in [5, 5.41) is 9.72. The second kappa shape index (κ2) is 7.63. The van der Waals surface area contributed by atoms with Crippen molar-refractivity contribution >= 4 is 0 Å². The Morgan fingerprint density at radius 2 is 2.16 bits per heavy atom. The summed E-state index contributed by atoms with van der Waals surface area (Å²) in [6.45, 7) is 5.48. The third-order valence-electron chi connectivity index (χ3n) is 3.76. The van der Waals surface area contributed by atoms with Crippen molar-refractivity contribution in [2.75, 3.05) is 26.2 Å². The van der Waals surface area contributed by atoms with Gasteiger partial charge in [-0.25, -0.2) is 0 Å². The Morgan fingerprint density at radius 3 is 2.89 bits per heavy atom. The first-order chi connectivity index (χ1) is 9.28. The van der Waals surface area contributed by atoms with Gasteiger partial charge in [0, 0.05) is 19.6 Å². The molecule has 2 atom stereocenters. The third-order valence-corrected chi connectivity index (χ3v) is 3.76. The topological polar surface area (TPSA) is 32.7 Å². The molecule has 106 valence electrons. The predicted octanol–water partition coefficient (Wildman–Crippen LogP) is 2.09. The SMILES string of the molecule is CC[C@@H](O)CN1CCO[C@@H](CCc2ccccc2)C1. The molecule has 0 amide bonds. The van der Waals surface area contributed by atoms with E-state index in [9.17, 15) is 5.11 Å². The number of ether oxygens (including phenoxy) is 1. The maximum absolute atomic E-state index is 9.72. The molecule has 19 heavy (non-hydrogen) atoms. The van der Waals surface area contributed by atoms with Crippen LogP contribution in [-0.2, 0) is 11.2 Å². The number of hydrogen-bond acceptors (Lipinski definition) is 3. The van der Waals surface area contributed by atoms with Gasteiger partial charge in [0.15, 0.2) is 0 Å². The van der Waals surface area contributed by atoms with Gasteiger partial charge in [-0.2, -0.15) is 0 Å². The van der Waals surface area contributed by atoms with Crippen molar-refractivity contribution in [1.82, 2.24) is 4.90 Å². The lowest BCUT2D eigenvalue weighted by Crippen LogP contribution is -2.45. The summed E-state index contributed by atoms with van der Waals surface area (Å²) in [5.41, 5.74) is 1.37. The number of aliphatic hydroxyl groups excluding tert-OH is 1. The minimum atomic E-state index is -0.201. The van der Waals surface area contributed by atoms with Crippen LogP contribution in [0.5, 0.6) is 0 Å². The Kier molecular flexibility index (Phi) is 5.83. The highest BCUT2D eigenvalue weighted by Crippen LogP contribution is 2.13. The van der Waals surface area contributed by atoms with Gasteiger partial charge in [0.25, 0.3) is 0 Å². The number of nitrogens with zero attached hydrogens (tertiary/aromatic N) is 1. The fraction of sp³-hybridized carbons (Fsp3) is 0.625. The summed E-state index contributed by atoms with van der Waals surface area (Å²) in [4.78, 5) is 2.33. The molecule has 1 fully saturated rings. The van der Waals surface area contributed by atoms with E-state index in [1.54, 1.807) is 0 Å². The lowest BCUT2D eigenvalue weighted by atomic mass is 10.1. The van der Waals surface area contributed by atoms with Gasteiger partial charge in [-0.15, -0.1) is 0 Å². The predicted molar refractivity (Wildman–Crippen MR) is 77.2 cm³/mol. The van der Waals surface area contributed by atoms with Crippen LogP contribution in [0.15, 0.2) is 30.3 Å². The smallest absolute Gasteiger partial charge is 0.0705 e. The van der Waals surface area contributed by atoms with Gasteiger partial charge in [-0.1, -0.05) is 37.3 Å². The molecule has 2 rings (SSSR count). The zero-order valence-electron chi connectivity index (χ0n) is 11.8. The van der Waals surface area contributed by atoms with E-state index < -0.39 is 0 Å². The Labute approximate surface area is 116 Å². The number of rotatable bonds is 6. The Balaban J connectivity index is 1.75. The van der Waals surface area contributed by atoms with Crippen LogP contribution in [0.3, 0.4) is 0 Å². The van der Waals surface area contributed by atoms with E-state index in [2.05, 4.69) is 35.2 Å². The van der Waals surface area contributed by atoms with Crippen LogP contribution in [-0.4, -0.2) is 48.5 Å². The maximum Gasteiger partial charge on any atom is 0.0705 e. The highest BCUT2D eigenvalue weighted by Gasteiger charge is 2.21. The standard InChI is InChI=1S/C16H25NO2/c1-2-15(18)12-17-10-11-19-16(13-17)9-8-14-6-4-3-5-7-14/h3-7,15-16,18H,2,8-13H2,1H3/t15-,16+/m1/s1. The number of morpholine rings is 1. The van der Waals surface area contributed by atoms with E-state index in [0.717, 1.165) is 45.5 Å². The molecule has 0 spiro atoms. The Hall–Kier alpha value is -0.900. The summed E-state index contributed by atoms with van der Waals surface area (Å²) in [7, 11) is 0. The van der Waals surface area contributed by atoms with Gasteiger partial charge in [-0.05, 0) is 24.8 Å². The van der Waals surface area contributed by atoms with E-state index in [0.29, 0.717) is 6.10 Å². The van der Waals surface area contributed by atoms with Crippen LogP contribution in [0.2, 0.25) is 0 Å². The van der Waals surface area contributed by atoms with Crippen molar-refractivity contribution in [3.05, 3.63) is 35.9 Å². The van der Waals surface area contributed by atoms with E-state index in [1.165, 1.54) is 5.56 Å². The summed E-state index contributed by atoms with van der Waals surface area (Å²) < 4.78 is 5.82. The second-order valence-corrected chi connectivity index (χ2v) is 5.34. The summed E-state index contributed by atoms with van der Waals surface area (Å²) in [5.74, 6) is 0. The molecular weight excluding hydrogens is 238 g/mol. The zero-order chi connectivity index (χ0) is 13.5. The maximum atomic E-state index is 9.72. The highest BCUT2D eigenvalue weighted by molar-refractivity contribution is 5.14. The van der Waals surface area contributed by atoms with Crippen LogP contribution in [0.4, 0.5) is 0 Å². The first-order valence-electron chi connectivity index (χ1n) is 7.34. The molecule has 1 heterocycles. The van der Waals surface area contributed by atoms with Gasteiger partial charge in [0.05, 0.1) is 18.8 Å². The van der Waals surface area contributed by atoms with Crippen LogP contribution in [0, 0.1) is 0 Å². The largest absolute Gasteiger partial charge is 0.392 e. The van der Waals surface area contributed by atoms with E-state index in [-0.39, 0.29) is 6.10 Å². The minimum Gasteiger partial charge on any atom is -0.392 e. The quantitative estimate of drug-likeness (QED) is 0.853. The second-order valence-electron chi connectivity index (χ2n) is 5.34. The molecule has 1 saturated heterocycles. The van der Waals surface area contributed by atoms with Gasteiger partial charge in [0.1, 0.15) is 0 Å². The van der Waals surface area contributed by atoms with Crippen molar-refractivity contribution in [2.45, 2.75) is 38.4 Å². The molecule has 1 N–H and O–H groups in total. The summed E-state index contributed by atoms with van der Waals surface area (Å²) in [6.07, 6.45) is 3.05. The molecule has 1 aliphatic heterocycles. The highest BCUT2D eigenvalue weighted by atomic mass is 16.5. The lowest BCUT2D eigenvalue weighted by molar-refractivity contribution is -0.0435. The molecule has 0 radical (unpaired) electrons. The van der Waals surface area contributed by atoms with Gasteiger partial charge >= 0.3 is 0 Å². The van der Waals surface area contributed by atoms with Crippen LogP contribution in [0.25, 0.3) is 0 Å². The van der Waals surface area contributed by atoms with E-state index in [1.807, 2.05) is 6.92 Å². The molecular formula is C16H25NO2. The molecule has 1 aromatic rings. The molecule has 0 aromatic heterocycles. The van der Waals surface area contributed by atoms with Crippen molar-refractivity contribution in [1.29, 1.82) is 0 Å². The fourth-order valence-corrected chi connectivity index (χ4v) is 2.52. The van der Waals surface area contributed by atoms with Crippen molar-refractivity contribution in [2.24, 2.45) is 0 Å². The molecule has 1 aromatic carbocycles. The minimum absolute atomic E-state index is 0.201. The van der Waals surface area contributed by atoms with E-state index in [4.69, 9.17) is 4.74 Å². The normalized spacial score (nSPS) is 22.3. The van der Waals surface area contributed by atoms with E-state index >= 15 is 0 Å². The zero-order valence-corrected chi connectivity index (χ0v) is 11.8. The number of aryl methyl sites for hydroxylation is 1. The van der Waals surface area contributed by atoms with Crippen molar-refractivity contribution in [3.63, 3.8) is 0 Å². The number of hydrogen-bond donors (Lipinski definition) is 1. The van der Waals surface area contributed by atoms with Crippen LogP contribution >= 0.6 is 0 Å². The molecule has 3 nitrogen and oxygen atoms in total. The number of benzene rings is 1. The Morgan fingerprint density at radius 1 is 1.37 bits per heavy atom. The lowest BCUT2D eigenvalue weighted by Gasteiger charge is -2.34.